The number of aromatic nitrogens is 3. The number of nitrogens with two attached hydrogens (primary N) is 1. The lowest BCUT2D eigenvalue weighted by Gasteiger charge is -2.07. The Morgan fingerprint density at radius 2 is 2.40 bits per heavy atom. The molecule has 2 rings (SSSR count). The van der Waals surface area contributed by atoms with Crippen molar-refractivity contribution in [3.8, 4) is 0 Å². The van der Waals surface area contributed by atoms with Crippen LogP contribution in [0.1, 0.15) is 12.8 Å². The first-order valence-electron chi connectivity index (χ1n) is 3.08. The quantitative estimate of drug-likeness (QED) is 0.641. The highest BCUT2D eigenvalue weighted by molar-refractivity contribution is 6.29. The van der Waals surface area contributed by atoms with E-state index in [2.05, 4.69) is 10.3 Å². The minimum atomic E-state index is -0.326. The first kappa shape index (κ1) is 6.12. The minimum absolute atomic E-state index is 0.326. The van der Waals surface area contributed by atoms with Crippen molar-refractivity contribution in [2.24, 2.45) is 5.73 Å². The minimum Gasteiger partial charge on any atom is -0.307 e. The van der Waals surface area contributed by atoms with E-state index in [0.29, 0.717) is 5.15 Å². The van der Waals surface area contributed by atoms with Crippen LogP contribution in [0.4, 0.5) is 0 Å². The van der Waals surface area contributed by atoms with E-state index < -0.39 is 0 Å². The summed E-state index contributed by atoms with van der Waals surface area (Å²) in [5.41, 5.74) is 5.46. The molecule has 0 unspecified atom stereocenters. The molecule has 0 bridgehead atoms. The highest BCUT2D eigenvalue weighted by Crippen LogP contribution is 2.38. The molecule has 0 radical (unpaired) electrons. The van der Waals surface area contributed by atoms with Crippen molar-refractivity contribution >= 4 is 11.6 Å². The second kappa shape index (κ2) is 1.71. The summed E-state index contributed by atoms with van der Waals surface area (Å²) in [6.07, 6.45) is 3.38. The second-order valence-electron chi connectivity index (χ2n) is 2.57. The first-order valence-corrected chi connectivity index (χ1v) is 3.46. The van der Waals surface area contributed by atoms with Crippen LogP contribution in [-0.4, -0.2) is 15.0 Å². The van der Waals surface area contributed by atoms with Crippen LogP contribution >= 0.6 is 11.6 Å². The van der Waals surface area contributed by atoms with Crippen molar-refractivity contribution in [1.82, 2.24) is 15.0 Å². The number of nitrogens with zero attached hydrogens (tertiary/aromatic N) is 3. The standard InChI is InChI=1S/C5H7ClN4/c6-4-3-8-9-10(4)5(7)1-2-5/h3H,1-2,7H2. The lowest BCUT2D eigenvalue weighted by Crippen LogP contribution is -2.28. The van der Waals surface area contributed by atoms with Crippen LogP contribution in [0.5, 0.6) is 0 Å². The Balaban J connectivity index is 2.42. The topological polar surface area (TPSA) is 56.7 Å². The largest absolute Gasteiger partial charge is 0.307 e. The molecule has 1 saturated carbocycles. The molecule has 5 heteroatoms. The van der Waals surface area contributed by atoms with Crippen molar-refractivity contribution in [3.05, 3.63) is 11.3 Å². The van der Waals surface area contributed by atoms with Gasteiger partial charge in [-0.3, -0.25) is 0 Å². The van der Waals surface area contributed by atoms with Crippen molar-refractivity contribution in [1.29, 1.82) is 0 Å². The molecule has 1 aromatic rings. The van der Waals surface area contributed by atoms with Gasteiger partial charge in [0.15, 0.2) is 0 Å². The number of hydrogen-bond acceptors (Lipinski definition) is 3. The fourth-order valence-electron chi connectivity index (χ4n) is 0.864. The maximum absolute atomic E-state index is 5.79. The second-order valence-corrected chi connectivity index (χ2v) is 2.96. The molecule has 1 heterocycles. The molecular formula is C5H7ClN4. The molecule has 0 aliphatic heterocycles. The van der Waals surface area contributed by atoms with Gasteiger partial charge < -0.3 is 5.73 Å². The summed E-state index contributed by atoms with van der Waals surface area (Å²) >= 11 is 5.72. The molecule has 0 spiro atoms. The summed E-state index contributed by atoms with van der Waals surface area (Å²) in [7, 11) is 0. The zero-order valence-electron chi connectivity index (χ0n) is 5.29. The Kier molecular flexibility index (Phi) is 1.04. The third-order valence-corrected chi connectivity index (χ3v) is 1.95. The van der Waals surface area contributed by atoms with Gasteiger partial charge >= 0.3 is 0 Å². The average molecular weight is 159 g/mol. The van der Waals surface area contributed by atoms with Crippen LogP contribution < -0.4 is 5.73 Å². The van der Waals surface area contributed by atoms with Crippen LogP contribution in [0.25, 0.3) is 0 Å². The average Bonchev–Trinajstić information content (AvgIpc) is 2.44. The molecule has 10 heavy (non-hydrogen) atoms. The molecule has 1 aliphatic carbocycles. The summed E-state index contributed by atoms with van der Waals surface area (Å²) < 4.78 is 1.56. The van der Waals surface area contributed by atoms with Crippen LogP contribution in [0.2, 0.25) is 5.15 Å². The molecule has 0 atom stereocenters. The number of halogens is 1. The Labute approximate surface area is 63.0 Å². The lowest BCUT2D eigenvalue weighted by atomic mass is 10.5. The number of hydrogen-bond donors (Lipinski definition) is 1. The zero-order valence-corrected chi connectivity index (χ0v) is 6.04. The highest BCUT2D eigenvalue weighted by atomic mass is 35.5. The predicted molar refractivity (Wildman–Crippen MR) is 36.4 cm³/mol. The van der Waals surface area contributed by atoms with Gasteiger partial charge in [-0.15, -0.1) is 5.10 Å². The fourth-order valence-corrected chi connectivity index (χ4v) is 1.11. The molecule has 54 valence electrons. The maximum atomic E-state index is 5.79. The normalized spacial score (nSPS) is 21.0. The molecule has 1 aromatic heterocycles. The monoisotopic (exact) mass is 158 g/mol. The molecule has 2 N–H and O–H groups in total. The third kappa shape index (κ3) is 0.726. The van der Waals surface area contributed by atoms with Crippen molar-refractivity contribution in [2.75, 3.05) is 0 Å². The van der Waals surface area contributed by atoms with Gasteiger partial charge in [0.2, 0.25) is 0 Å². The summed E-state index contributed by atoms with van der Waals surface area (Å²) in [6, 6.07) is 0. The molecular weight excluding hydrogens is 152 g/mol. The molecule has 1 fully saturated rings. The Morgan fingerprint density at radius 3 is 2.80 bits per heavy atom. The lowest BCUT2D eigenvalue weighted by molar-refractivity contribution is 0.436. The van der Waals surface area contributed by atoms with Gasteiger partial charge in [-0.1, -0.05) is 16.8 Å². The van der Waals surface area contributed by atoms with E-state index in [0.717, 1.165) is 12.8 Å². The predicted octanol–water partition coefficient (Wildman–Crippen LogP) is 0.337. The van der Waals surface area contributed by atoms with Crippen LogP contribution in [0.3, 0.4) is 0 Å². The van der Waals surface area contributed by atoms with Gasteiger partial charge in [0.1, 0.15) is 10.8 Å². The van der Waals surface area contributed by atoms with Gasteiger partial charge in [-0.05, 0) is 12.8 Å². The summed E-state index contributed by atoms with van der Waals surface area (Å²) in [6.45, 7) is 0. The van der Waals surface area contributed by atoms with E-state index in [1.165, 1.54) is 6.20 Å². The number of rotatable bonds is 1. The SMILES string of the molecule is NC1(n2nncc2Cl)CC1. The third-order valence-electron chi connectivity index (χ3n) is 1.69. The van der Waals surface area contributed by atoms with Crippen molar-refractivity contribution in [2.45, 2.75) is 18.5 Å². The Bertz CT molecular complexity index is 252. The van der Waals surface area contributed by atoms with E-state index in [1.54, 1.807) is 4.68 Å². The fraction of sp³-hybridized carbons (Fsp3) is 0.600. The summed E-state index contributed by atoms with van der Waals surface area (Å²) in [5.74, 6) is 0. The van der Waals surface area contributed by atoms with E-state index in [1.807, 2.05) is 0 Å². The van der Waals surface area contributed by atoms with E-state index in [9.17, 15) is 0 Å². The Morgan fingerprint density at radius 1 is 1.70 bits per heavy atom. The van der Waals surface area contributed by atoms with Gasteiger partial charge in [-0.25, -0.2) is 4.68 Å². The van der Waals surface area contributed by atoms with Crippen LogP contribution in [0, 0.1) is 0 Å². The molecule has 0 saturated heterocycles. The molecule has 0 amide bonds. The van der Waals surface area contributed by atoms with Gasteiger partial charge in [0, 0.05) is 0 Å². The van der Waals surface area contributed by atoms with E-state index >= 15 is 0 Å². The maximum Gasteiger partial charge on any atom is 0.149 e. The van der Waals surface area contributed by atoms with Crippen molar-refractivity contribution < 1.29 is 0 Å². The van der Waals surface area contributed by atoms with Crippen LogP contribution in [-0.2, 0) is 5.66 Å². The van der Waals surface area contributed by atoms with Gasteiger partial charge in [0.05, 0.1) is 6.20 Å². The molecule has 0 aromatic carbocycles. The highest BCUT2D eigenvalue weighted by Gasteiger charge is 2.42. The van der Waals surface area contributed by atoms with E-state index in [-0.39, 0.29) is 5.66 Å². The Hall–Kier alpha value is -0.610. The zero-order chi connectivity index (χ0) is 7.19. The van der Waals surface area contributed by atoms with Crippen LogP contribution in [0.15, 0.2) is 6.20 Å². The molecule has 1 aliphatic rings. The summed E-state index contributed by atoms with van der Waals surface area (Å²) in [4.78, 5) is 0. The first-order chi connectivity index (χ1) is 4.72. The van der Waals surface area contributed by atoms with Crippen molar-refractivity contribution in [3.63, 3.8) is 0 Å². The van der Waals surface area contributed by atoms with Gasteiger partial charge in [0.25, 0.3) is 0 Å². The van der Waals surface area contributed by atoms with Gasteiger partial charge in [-0.2, -0.15) is 0 Å². The van der Waals surface area contributed by atoms with E-state index in [4.69, 9.17) is 17.3 Å². The molecule has 4 nitrogen and oxygen atoms in total. The summed E-state index contributed by atoms with van der Waals surface area (Å²) in [5, 5.41) is 7.90. The smallest absolute Gasteiger partial charge is 0.149 e.